The quantitative estimate of drug-likeness (QED) is 0.230. The molecular weight excluding hydrogens is 499 g/mol. The summed E-state index contributed by atoms with van der Waals surface area (Å²) in [5.41, 5.74) is 4.36. The topological polar surface area (TPSA) is 65.4 Å². The lowest BCUT2D eigenvalue weighted by Crippen LogP contribution is -2.36. The van der Waals surface area contributed by atoms with Crippen LogP contribution in [0.1, 0.15) is 11.1 Å². The zero-order valence-corrected chi connectivity index (χ0v) is 20.3. The SMILES string of the molecule is CN=C(NCc1ccnc2ccccc12)NCc1cc(N(C)C)nc2ccccc12.I. The summed E-state index contributed by atoms with van der Waals surface area (Å²) >= 11 is 0. The van der Waals surface area contributed by atoms with E-state index in [1.54, 1.807) is 7.05 Å². The second-order valence-electron chi connectivity index (χ2n) is 7.32. The molecular formula is C24H27IN6. The smallest absolute Gasteiger partial charge is 0.191 e. The van der Waals surface area contributed by atoms with Crippen molar-refractivity contribution in [2.75, 3.05) is 26.0 Å². The van der Waals surface area contributed by atoms with Crippen LogP contribution in [0.15, 0.2) is 71.9 Å². The summed E-state index contributed by atoms with van der Waals surface area (Å²) in [6.45, 7) is 1.32. The van der Waals surface area contributed by atoms with Crippen molar-refractivity contribution in [1.82, 2.24) is 20.6 Å². The number of para-hydroxylation sites is 2. The minimum absolute atomic E-state index is 0. The second kappa shape index (κ2) is 10.4. The highest BCUT2D eigenvalue weighted by molar-refractivity contribution is 14.0. The fraction of sp³-hybridized carbons (Fsp3) is 0.208. The summed E-state index contributed by atoms with van der Waals surface area (Å²) in [5.74, 6) is 1.69. The number of aliphatic imine (C=N–C) groups is 1. The van der Waals surface area contributed by atoms with Gasteiger partial charge in [-0.15, -0.1) is 24.0 Å². The molecule has 0 aliphatic carbocycles. The van der Waals surface area contributed by atoms with E-state index in [0.717, 1.165) is 33.6 Å². The molecule has 0 unspecified atom stereocenters. The van der Waals surface area contributed by atoms with Crippen molar-refractivity contribution in [3.8, 4) is 0 Å². The minimum Gasteiger partial charge on any atom is -0.363 e. The zero-order valence-electron chi connectivity index (χ0n) is 18.0. The summed E-state index contributed by atoms with van der Waals surface area (Å²) in [4.78, 5) is 15.6. The van der Waals surface area contributed by atoms with Gasteiger partial charge in [0, 0.05) is 51.2 Å². The number of hydrogen-bond acceptors (Lipinski definition) is 4. The first-order valence-electron chi connectivity index (χ1n) is 9.99. The minimum atomic E-state index is 0. The van der Waals surface area contributed by atoms with Crippen LogP contribution >= 0.6 is 24.0 Å². The number of nitrogens with zero attached hydrogens (tertiary/aromatic N) is 4. The predicted octanol–water partition coefficient (Wildman–Crippen LogP) is 4.33. The number of benzene rings is 2. The van der Waals surface area contributed by atoms with E-state index in [1.165, 1.54) is 11.1 Å². The van der Waals surface area contributed by atoms with E-state index in [2.05, 4.69) is 38.8 Å². The Balaban J connectivity index is 0.00000272. The summed E-state index contributed by atoms with van der Waals surface area (Å²) in [5, 5.41) is 9.15. The van der Waals surface area contributed by atoms with Crippen LogP contribution in [0.4, 0.5) is 5.82 Å². The lowest BCUT2D eigenvalue weighted by Gasteiger charge is -2.17. The fourth-order valence-electron chi connectivity index (χ4n) is 3.50. The first kappa shape index (κ1) is 22.7. The highest BCUT2D eigenvalue weighted by Crippen LogP contribution is 2.22. The highest BCUT2D eigenvalue weighted by atomic mass is 127. The molecule has 0 fully saturated rings. The van der Waals surface area contributed by atoms with Crippen molar-refractivity contribution in [2.24, 2.45) is 4.99 Å². The fourth-order valence-corrected chi connectivity index (χ4v) is 3.50. The Morgan fingerprint density at radius 1 is 0.871 bits per heavy atom. The molecule has 0 aliphatic heterocycles. The number of rotatable bonds is 5. The second-order valence-corrected chi connectivity index (χ2v) is 7.32. The number of anilines is 1. The molecule has 2 aromatic carbocycles. The molecule has 0 saturated heterocycles. The van der Waals surface area contributed by atoms with Crippen LogP contribution in [0.2, 0.25) is 0 Å². The largest absolute Gasteiger partial charge is 0.363 e. The van der Waals surface area contributed by atoms with Gasteiger partial charge in [-0.2, -0.15) is 0 Å². The van der Waals surface area contributed by atoms with Gasteiger partial charge in [0.15, 0.2) is 5.96 Å². The number of nitrogens with one attached hydrogen (secondary N) is 2. The lowest BCUT2D eigenvalue weighted by atomic mass is 10.1. The van der Waals surface area contributed by atoms with Crippen LogP contribution in [0, 0.1) is 0 Å². The van der Waals surface area contributed by atoms with Gasteiger partial charge in [0.05, 0.1) is 11.0 Å². The number of pyridine rings is 2. The maximum Gasteiger partial charge on any atom is 0.191 e. The molecule has 0 amide bonds. The van der Waals surface area contributed by atoms with Gasteiger partial charge in [0.25, 0.3) is 0 Å². The Hall–Kier alpha value is -2.94. The lowest BCUT2D eigenvalue weighted by molar-refractivity contribution is 0.813. The van der Waals surface area contributed by atoms with Crippen LogP contribution in [-0.4, -0.2) is 37.1 Å². The van der Waals surface area contributed by atoms with Crippen molar-refractivity contribution >= 4 is 57.6 Å². The molecule has 6 nitrogen and oxygen atoms in total. The van der Waals surface area contributed by atoms with Gasteiger partial charge in [0.2, 0.25) is 0 Å². The van der Waals surface area contributed by atoms with Gasteiger partial charge in [-0.1, -0.05) is 36.4 Å². The van der Waals surface area contributed by atoms with Gasteiger partial charge in [-0.3, -0.25) is 9.98 Å². The molecule has 0 aliphatic rings. The van der Waals surface area contributed by atoms with E-state index < -0.39 is 0 Å². The third-order valence-electron chi connectivity index (χ3n) is 5.10. The van der Waals surface area contributed by atoms with E-state index >= 15 is 0 Å². The standard InChI is InChI=1S/C24H26N6.HI/c1-25-24(27-15-17-12-13-26-21-10-6-4-8-19(17)21)28-16-18-14-23(30(2)3)29-22-11-7-5-9-20(18)22;/h4-14H,15-16H2,1-3H3,(H2,25,27,28);1H. The van der Waals surface area contributed by atoms with Crippen molar-refractivity contribution < 1.29 is 0 Å². The average molecular weight is 526 g/mol. The Kier molecular flexibility index (Phi) is 7.62. The van der Waals surface area contributed by atoms with Crippen molar-refractivity contribution in [1.29, 1.82) is 0 Å². The average Bonchev–Trinajstić information content (AvgIpc) is 2.78. The molecule has 2 aromatic heterocycles. The number of aromatic nitrogens is 2. The molecule has 2 N–H and O–H groups in total. The third-order valence-corrected chi connectivity index (χ3v) is 5.10. The van der Waals surface area contributed by atoms with Gasteiger partial charge in [0.1, 0.15) is 5.82 Å². The Morgan fingerprint density at radius 3 is 2.16 bits per heavy atom. The molecule has 0 bridgehead atoms. The summed E-state index contributed by atoms with van der Waals surface area (Å²) in [6.07, 6.45) is 1.85. The summed E-state index contributed by atoms with van der Waals surface area (Å²) in [6, 6.07) is 20.6. The van der Waals surface area contributed by atoms with Gasteiger partial charge >= 0.3 is 0 Å². The maximum atomic E-state index is 4.73. The highest BCUT2D eigenvalue weighted by Gasteiger charge is 2.08. The van der Waals surface area contributed by atoms with Gasteiger partial charge in [-0.05, 0) is 35.4 Å². The molecule has 7 heteroatoms. The number of guanidine groups is 1. The van der Waals surface area contributed by atoms with Crippen molar-refractivity contribution in [3.05, 3.63) is 78.0 Å². The molecule has 2 heterocycles. The molecule has 0 spiro atoms. The van der Waals surface area contributed by atoms with Crippen LogP contribution in [-0.2, 0) is 13.1 Å². The first-order valence-corrected chi connectivity index (χ1v) is 9.99. The number of halogens is 1. The van der Waals surface area contributed by atoms with E-state index in [1.807, 2.05) is 67.7 Å². The predicted molar refractivity (Wildman–Crippen MR) is 140 cm³/mol. The molecule has 4 rings (SSSR count). The van der Waals surface area contributed by atoms with Gasteiger partial charge in [-0.25, -0.2) is 4.98 Å². The first-order chi connectivity index (χ1) is 14.7. The molecule has 160 valence electrons. The third kappa shape index (κ3) is 5.22. The molecule has 4 aromatic rings. The van der Waals surface area contributed by atoms with E-state index in [9.17, 15) is 0 Å². The van der Waals surface area contributed by atoms with E-state index in [-0.39, 0.29) is 24.0 Å². The maximum absolute atomic E-state index is 4.73. The van der Waals surface area contributed by atoms with Gasteiger partial charge < -0.3 is 15.5 Å². The van der Waals surface area contributed by atoms with Crippen LogP contribution < -0.4 is 15.5 Å². The number of fused-ring (bicyclic) bond motifs is 2. The molecule has 0 radical (unpaired) electrons. The summed E-state index contributed by atoms with van der Waals surface area (Å²) in [7, 11) is 5.80. The monoisotopic (exact) mass is 526 g/mol. The Labute approximate surface area is 199 Å². The Morgan fingerprint density at radius 2 is 1.48 bits per heavy atom. The van der Waals surface area contributed by atoms with Crippen LogP contribution in [0.25, 0.3) is 21.8 Å². The molecule has 31 heavy (non-hydrogen) atoms. The Bertz CT molecular complexity index is 1200. The van der Waals surface area contributed by atoms with Crippen molar-refractivity contribution in [2.45, 2.75) is 13.1 Å². The molecule has 0 saturated carbocycles. The summed E-state index contributed by atoms with van der Waals surface area (Å²) < 4.78 is 0. The van der Waals surface area contributed by atoms with E-state index in [0.29, 0.717) is 13.1 Å². The number of hydrogen-bond donors (Lipinski definition) is 2. The van der Waals surface area contributed by atoms with Crippen LogP contribution in [0.3, 0.4) is 0 Å². The zero-order chi connectivity index (χ0) is 20.9. The van der Waals surface area contributed by atoms with E-state index in [4.69, 9.17) is 4.98 Å². The van der Waals surface area contributed by atoms with Crippen LogP contribution in [0.5, 0.6) is 0 Å². The normalized spacial score (nSPS) is 11.3. The molecule has 0 atom stereocenters. The van der Waals surface area contributed by atoms with Crippen molar-refractivity contribution in [3.63, 3.8) is 0 Å².